The number of hydrogen-bond acceptors (Lipinski definition) is 3. The summed E-state index contributed by atoms with van der Waals surface area (Å²) < 4.78 is 97.7. The molecule has 1 amide bonds. The Balaban J connectivity index is 2.49. The first-order valence-corrected chi connectivity index (χ1v) is 7.80. The van der Waals surface area contributed by atoms with E-state index in [4.69, 9.17) is 4.55 Å². The van der Waals surface area contributed by atoms with Crippen molar-refractivity contribution in [1.82, 2.24) is 0 Å². The molecule has 0 bridgehead atoms. The van der Waals surface area contributed by atoms with Crippen molar-refractivity contribution < 1.29 is 39.7 Å². The molecule has 5 nitrogen and oxygen atoms in total. The third-order valence-electron chi connectivity index (χ3n) is 3.16. The first-order chi connectivity index (χ1) is 11.4. The summed E-state index contributed by atoms with van der Waals surface area (Å²) in [6, 6.07) is 3.01. The molecule has 0 radical (unpaired) electrons. The molecule has 2 N–H and O–H groups in total. The monoisotopic (exact) mass is 381 g/mol. The van der Waals surface area contributed by atoms with Gasteiger partial charge < -0.3 is 5.32 Å². The second-order valence-electron chi connectivity index (χ2n) is 4.85. The van der Waals surface area contributed by atoms with E-state index < -0.39 is 55.6 Å². The largest absolute Gasteiger partial charge is 0.322 e. The zero-order chi connectivity index (χ0) is 19.1. The number of halogens is 5. The van der Waals surface area contributed by atoms with Crippen molar-refractivity contribution in [1.29, 1.82) is 0 Å². The molecular formula is C14H8F5NO4S. The number of anilines is 1. The van der Waals surface area contributed by atoms with Crippen molar-refractivity contribution in [2.75, 3.05) is 5.32 Å². The van der Waals surface area contributed by atoms with Gasteiger partial charge >= 0.3 is 0 Å². The molecule has 0 fully saturated rings. The maximum Gasteiger partial charge on any atom is 0.294 e. The number of hydrogen-bond donors (Lipinski definition) is 2. The minimum Gasteiger partial charge on any atom is -0.322 e. The zero-order valence-corrected chi connectivity index (χ0v) is 13.0. The summed E-state index contributed by atoms with van der Waals surface area (Å²) in [5, 5.41) is 1.80. The number of amides is 1. The molecule has 0 saturated heterocycles. The minimum absolute atomic E-state index is 0.0942. The standard InChI is InChI=1S/C14H8F5NO4S/c1-5-2-3-6(4-7(5)25(22,23)24)20-14(21)8-9(15)11(17)13(19)12(18)10(8)16/h2-4H,1H3,(H,20,21)(H,22,23,24). The number of carbonyl (C=O) groups is 1. The molecule has 2 aromatic rings. The van der Waals surface area contributed by atoms with Crippen LogP contribution in [0.25, 0.3) is 0 Å². The quantitative estimate of drug-likeness (QED) is 0.370. The summed E-state index contributed by atoms with van der Waals surface area (Å²) in [7, 11) is -4.66. The molecular weight excluding hydrogens is 373 g/mol. The van der Waals surface area contributed by atoms with Gasteiger partial charge in [0, 0.05) is 5.69 Å². The van der Waals surface area contributed by atoms with Gasteiger partial charge in [-0.05, 0) is 24.6 Å². The normalized spacial score (nSPS) is 11.5. The van der Waals surface area contributed by atoms with E-state index in [2.05, 4.69) is 0 Å². The SMILES string of the molecule is Cc1ccc(NC(=O)c2c(F)c(F)c(F)c(F)c2F)cc1S(=O)(=O)O. The van der Waals surface area contributed by atoms with E-state index in [-0.39, 0.29) is 11.3 Å². The summed E-state index contributed by atoms with van der Waals surface area (Å²) in [5.41, 5.74) is -1.99. The molecule has 0 aliphatic carbocycles. The van der Waals surface area contributed by atoms with Gasteiger partial charge in [0.2, 0.25) is 5.82 Å². The van der Waals surface area contributed by atoms with Crippen LogP contribution in [0.4, 0.5) is 27.6 Å². The van der Waals surface area contributed by atoms with Crippen LogP contribution in [0, 0.1) is 36.0 Å². The van der Waals surface area contributed by atoms with E-state index in [1.165, 1.54) is 6.92 Å². The smallest absolute Gasteiger partial charge is 0.294 e. The van der Waals surface area contributed by atoms with Crippen molar-refractivity contribution in [3.05, 3.63) is 58.4 Å². The zero-order valence-electron chi connectivity index (χ0n) is 12.2. The minimum atomic E-state index is -4.66. The third kappa shape index (κ3) is 3.46. The lowest BCUT2D eigenvalue weighted by atomic mass is 10.1. The summed E-state index contributed by atoms with van der Waals surface area (Å²) in [6.07, 6.45) is 0. The topological polar surface area (TPSA) is 83.5 Å². The Hall–Kier alpha value is -2.53. The molecule has 11 heteroatoms. The van der Waals surface area contributed by atoms with Crippen LogP contribution in [0.15, 0.2) is 23.1 Å². The molecule has 0 saturated carbocycles. The molecule has 0 heterocycles. The van der Waals surface area contributed by atoms with E-state index in [0.29, 0.717) is 0 Å². The summed E-state index contributed by atoms with van der Waals surface area (Å²) >= 11 is 0. The summed E-state index contributed by atoms with van der Waals surface area (Å²) in [6.45, 7) is 1.32. The number of rotatable bonds is 3. The van der Waals surface area contributed by atoms with Gasteiger partial charge in [0.15, 0.2) is 23.3 Å². The molecule has 0 aromatic heterocycles. The Labute approximate surface area is 137 Å². The highest BCUT2D eigenvalue weighted by molar-refractivity contribution is 7.85. The number of carbonyl (C=O) groups excluding carboxylic acids is 1. The second-order valence-corrected chi connectivity index (χ2v) is 6.24. The highest BCUT2D eigenvalue weighted by atomic mass is 32.2. The Bertz CT molecular complexity index is 962. The molecule has 2 aromatic carbocycles. The van der Waals surface area contributed by atoms with Crippen LogP contribution in [0.5, 0.6) is 0 Å². The highest BCUT2D eigenvalue weighted by Gasteiger charge is 2.30. The fraction of sp³-hybridized carbons (Fsp3) is 0.0714. The van der Waals surface area contributed by atoms with Gasteiger partial charge in [0.1, 0.15) is 5.56 Å². The summed E-state index contributed by atoms with van der Waals surface area (Å²) in [5.74, 6) is -13.4. The maximum absolute atomic E-state index is 13.6. The molecule has 0 aliphatic rings. The molecule has 25 heavy (non-hydrogen) atoms. The van der Waals surface area contributed by atoms with Crippen molar-refractivity contribution in [2.45, 2.75) is 11.8 Å². The van der Waals surface area contributed by atoms with Gasteiger partial charge in [-0.15, -0.1) is 0 Å². The predicted octanol–water partition coefficient (Wildman–Crippen LogP) is 3.19. The number of aryl methyl sites for hydroxylation is 1. The second kappa shape index (κ2) is 6.41. The molecule has 0 unspecified atom stereocenters. The van der Waals surface area contributed by atoms with Crippen molar-refractivity contribution in [2.24, 2.45) is 0 Å². The third-order valence-corrected chi connectivity index (χ3v) is 4.16. The first-order valence-electron chi connectivity index (χ1n) is 6.36. The number of nitrogens with one attached hydrogen (secondary N) is 1. The van der Waals surface area contributed by atoms with E-state index in [1.54, 1.807) is 5.32 Å². The number of benzene rings is 2. The lowest BCUT2D eigenvalue weighted by molar-refractivity contribution is 0.101. The van der Waals surface area contributed by atoms with Gasteiger partial charge in [-0.25, -0.2) is 22.0 Å². The van der Waals surface area contributed by atoms with E-state index in [1.807, 2.05) is 0 Å². The van der Waals surface area contributed by atoms with Crippen LogP contribution in [-0.4, -0.2) is 18.9 Å². The lowest BCUT2D eigenvalue weighted by Gasteiger charge is -2.10. The van der Waals surface area contributed by atoms with Gasteiger partial charge in [0.05, 0.1) is 4.90 Å². The van der Waals surface area contributed by atoms with Gasteiger partial charge in [-0.2, -0.15) is 8.42 Å². The van der Waals surface area contributed by atoms with E-state index in [9.17, 15) is 35.2 Å². The van der Waals surface area contributed by atoms with Gasteiger partial charge in [-0.1, -0.05) is 6.07 Å². The van der Waals surface area contributed by atoms with Crippen LogP contribution < -0.4 is 5.32 Å². The Morgan fingerprint density at radius 2 is 1.44 bits per heavy atom. The van der Waals surface area contributed by atoms with Crippen LogP contribution in [-0.2, 0) is 10.1 Å². The molecule has 0 atom stereocenters. The molecule has 0 aliphatic heterocycles. The average Bonchev–Trinajstić information content (AvgIpc) is 2.52. The van der Waals surface area contributed by atoms with Crippen LogP contribution >= 0.6 is 0 Å². The van der Waals surface area contributed by atoms with E-state index >= 15 is 0 Å². The van der Waals surface area contributed by atoms with Crippen LogP contribution in [0.3, 0.4) is 0 Å². The fourth-order valence-corrected chi connectivity index (χ4v) is 2.70. The molecule has 2 rings (SSSR count). The van der Waals surface area contributed by atoms with Crippen molar-refractivity contribution >= 4 is 21.7 Å². The maximum atomic E-state index is 13.6. The predicted molar refractivity (Wildman–Crippen MR) is 75.2 cm³/mol. The Morgan fingerprint density at radius 1 is 0.960 bits per heavy atom. The van der Waals surface area contributed by atoms with Gasteiger partial charge in [-0.3, -0.25) is 9.35 Å². The Morgan fingerprint density at radius 3 is 1.92 bits per heavy atom. The fourth-order valence-electron chi connectivity index (χ4n) is 1.95. The highest BCUT2D eigenvalue weighted by Crippen LogP contribution is 2.25. The van der Waals surface area contributed by atoms with Crippen molar-refractivity contribution in [3.63, 3.8) is 0 Å². The average molecular weight is 381 g/mol. The van der Waals surface area contributed by atoms with Crippen LogP contribution in [0.2, 0.25) is 0 Å². The van der Waals surface area contributed by atoms with E-state index in [0.717, 1.165) is 18.2 Å². The first kappa shape index (κ1) is 18.8. The summed E-state index contributed by atoms with van der Waals surface area (Å²) in [4.78, 5) is 11.2. The lowest BCUT2D eigenvalue weighted by Crippen LogP contribution is -2.19. The molecule has 0 spiro atoms. The van der Waals surface area contributed by atoms with Gasteiger partial charge in [0.25, 0.3) is 16.0 Å². The molecule has 134 valence electrons. The van der Waals surface area contributed by atoms with Crippen LogP contribution in [0.1, 0.15) is 15.9 Å². The Kier molecular flexibility index (Phi) is 4.82. The van der Waals surface area contributed by atoms with Crippen molar-refractivity contribution in [3.8, 4) is 0 Å².